The van der Waals surface area contributed by atoms with Gasteiger partial charge in [0.25, 0.3) is 5.91 Å². The highest BCUT2D eigenvalue weighted by molar-refractivity contribution is 6.48. The van der Waals surface area contributed by atoms with Crippen molar-refractivity contribution < 1.29 is 18.9 Å². The number of carbonyl (C=O) groups is 2. The Hall–Kier alpha value is -2.63. The molecule has 1 aromatic rings. The van der Waals surface area contributed by atoms with Gasteiger partial charge in [-0.05, 0) is 86.5 Å². The highest BCUT2D eigenvalue weighted by Gasteiger charge is 2.68. The number of nitriles is 1. The van der Waals surface area contributed by atoms with Crippen LogP contribution in [0.5, 0.6) is 0 Å². The van der Waals surface area contributed by atoms with Gasteiger partial charge in [-0.3, -0.25) is 9.59 Å². The second kappa shape index (κ2) is 12.5. The second-order valence-electron chi connectivity index (χ2n) is 14.3. The molecule has 2 heterocycles. The number of hydrogen-bond acceptors (Lipinski definition) is 5. The summed E-state index contributed by atoms with van der Waals surface area (Å²) in [4.78, 5) is 27.8. The molecule has 0 radical (unpaired) electrons. The van der Waals surface area contributed by atoms with Crippen LogP contribution in [0.25, 0.3) is 0 Å². The number of likely N-dealkylation sites (tertiary alicyclic amines) is 1. The lowest BCUT2D eigenvalue weighted by atomic mass is 9.43. The van der Waals surface area contributed by atoms with E-state index in [-0.39, 0.29) is 46.4 Å². The fourth-order valence-electron chi connectivity index (χ4n) is 8.07. The molecule has 2 amide bonds. The zero-order chi connectivity index (χ0) is 30.1. The summed E-state index contributed by atoms with van der Waals surface area (Å²) >= 11 is 0. The summed E-state index contributed by atoms with van der Waals surface area (Å²) < 4.78 is 13.3. The first-order valence-electron chi connectivity index (χ1n) is 16.1. The van der Waals surface area contributed by atoms with Gasteiger partial charge in [0.1, 0.15) is 11.6 Å². The average molecular weight is 574 g/mol. The van der Waals surface area contributed by atoms with Crippen molar-refractivity contribution in [2.75, 3.05) is 13.1 Å². The van der Waals surface area contributed by atoms with Crippen molar-refractivity contribution in [2.45, 2.75) is 104 Å². The van der Waals surface area contributed by atoms with Gasteiger partial charge in [0, 0.05) is 19.5 Å². The summed E-state index contributed by atoms with van der Waals surface area (Å²) in [7, 11) is -0.454. The molecule has 1 aromatic carbocycles. The molecule has 5 atom stereocenters. The van der Waals surface area contributed by atoms with Gasteiger partial charge in [0.05, 0.1) is 17.6 Å². The lowest BCUT2D eigenvalue weighted by Gasteiger charge is -2.64. The minimum atomic E-state index is -0.454. The Labute approximate surface area is 252 Å². The van der Waals surface area contributed by atoms with Crippen molar-refractivity contribution in [1.82, 2.24) is 10.2 Å². The molecular weight excluding hydrogens is 525 g/mol. The topological polar surface area (TPSA) is 91.7 Å². The molecule has 6 rings (SSSR count). The molecule has 2 aliphatic heterocycles. The Kier molecular flexibility index (Phi) is 9.20. The maximum Gasteiger partial charge on any atom is 0.482 e. The molecule has 5 fully saturated rings. The van der Waals surface area contributed by atoms with Crippen LogP contribution in [0.1, 0.15) is 85.1 Å². The fourth-order valence-corrected chi connectivity index (χ4v) is 8.07. The van der Waals surface area contributed by atoms with Crippen LogP contribution in [0, 0.1) is 40.4 Å². The molecule has 1 N–H and O–H groups in total. The highest BCUT2D eigenvalue weighted by atomic mass is 16.7. The molecule has 5 aliphatic rings. The van der Waals surface area contributed by atoms with Crippen LogP contribution in [0.3, 0.4) is 0 Å². The van der Waals surface area contributed by atoms with Gasteiger partial charge in [0.2, 0.25) is 5.91 Å². The van der Waals surface area contributed by atoms with Crippen molar-refractivity contribution in [2.24, 2.45) is 29.1 Å². The van der Waals surface area contributed by atoms with Gasteiger partial charge >= 0.3 is 7.12 Å². The predicted octanol–water partition coefficient (Wildman–Crippen LogP) is 5.50. The van der Waals surface area contributed by atoms with Crippen LogP contribution < -0.4 is 5.32 Å². The maximum atomic E-state index is 13.2. The summed E-state index contributed by atoms with van der Waals surface area (Å²) in [5.74, 6) is 1.45. The highest BCUT2D eigenvalue weighted by Crippen LogP contribution is 2.65. The van der Waals surface area contributed by atoms with Crippen molar-refractivity contribution in [1.29, 1.82) is 5.26 Å². The first-order valence-corrected chi connectivity index (χ1v) is 16.1. The van der Waals surface area contributed by atoms with Gasteiger partial charge in [-0.15, -0.1) is 0 Å². The fraction of sp³-hybridized carbons (Fsp3) is 0.676. The number of nitrogens with one attached hydrogen (secondary N) is 1. The molecule has 0 spiro atoms. The molecule has 2 saturated heterocycles. The number of benzene rings is 1. The summed E-state index contributed by atoms with van der Waals surface area (Å²) in [5.41, 5.74) is 1.36. The Bertz CT molecular complexity index is 1200. The van der Waals surface area contributed by atoms with E-state index in [0.29, 0.717) is 43.7 Å². The van der Waals surface area contributed by atoms with Crippen LogP contribution in [-0.2, 0) is 25.3 Å². The number of carbonyl (C=O) groups excluding carboxylic acids is 2. The molecule has 7 nitrogen and oxygen atoms in total. The monoisotopic (exact) mass is 573 g/mol. The number of allylic oxidation sites excluding steroid dienone is 1. The Morgan fingerprint density at radius 3 is 2.52 bits per heavy atom. The second-order valence-corrected chi connectivity index (χ2v) is 14.3. The number of amides is 2. The van der Waals surface area contributed by atoms with Gasteiger partial charge in [-0.25, -0.2) is 0 Å². The van der Waals surface area contributed by atoms with Crippen LogP contribution in [0.15, 0.2) is 42.0 Å². The minimum absolute atomic E-state index is 0.0397. The SMILES string of the molecule is CC(C)C=C(C#N)C(=O)N1CCC(CCCC(=O)N[C@@H](Cc2ccccc2)B2O[C@@H]3C[C@@H]4C[C@@H](C4(C)C)[C@]3(C)O2)CC1. The third kappa shape index (κ3) is 6.33. The van der Waals surface area contributed by atoms with E-state index in [0.717, 1.165) is 37.7 Å². The van der Waals surface area contributed by atoms with Gasteiger partial charge in [-0.1, -0.05) is 64.1 Å². The molecule has 42 heavy (non-hydrogen) atoms. The minimum Gasteiger partial charge on any atom is -0.404 e. The van der Waals surface area contributed by atoms with E-state index < -0.39 is 7.12 Å². The van der Waals surface area contributed by atoms with E-state index in [1.54, 1.807) is 11.0 Å². The third-order valence-corrected chi connectivity index (χ3v) is 10.7. The number of rotatable bonds is 10. The molecule has 3 saturated carbocycles. The van der Waals surface area contributed by atoms with Crippen molar-refractivity contribution in [3.63, 3.8) is 0 Å². The lowest BCUT2D eigenvalue weighted by Crippen LogP contribution is -2.65. The van der Waals surface area contributed by atoms with Crippen molar-refractivity contribution in [3.8, 4) is 6.07 Å². The molecular formula is C34H48BN3O4. The largest absolute Gasteiger partial charge is 0.482 e. The first kappa shape index (κ1) is 30.8. The van der Waals surface area contributed by atoms with Crippen LogP contribution in [-0.4, -0.2) is 54.6 Å². The smallest absolute Gasteiger partial charge is 0.404 e. The Morgan fingerprint density at radius 1 is 1.17 bits per heavy atom. The van der Waals surface area contributed by atoms with Crippen molar-refractivity contribution in [3.05, 3.63) is 47.5 Å². The summed E-state index contributed by atoms with van der Waals surface area (Å²) in [5, 5.41) is 12.7. The van der Waals surface area contributed by atoms with Gasteiger partial charge < -0.3 is 19.5 Å². The normalized spacial score (nSPS) is 29.5. The summed E-state index contributed by atoms with van der Waals surface area (Å²) in [6.07, 6.45) is 8.77. The quantitative estimate of drug-likeness (QED) is 0.227. The third-order valence-electron chi connectivity index (χ3n) is 10.7. The molecule has 226 valence electrons. The zero-order valence-corrected chi connectivity index (χ0v) is 26.1. The standard InChI is InChI=1S/C34H48BN3O4/c1-23(2)18-26(22-36)32(40)38-16-14-24(15-17-38)12-9-13-31(39)37-30(19-25-10-7-6-8-11-25)35-41-29-21-27-20-28(33(27,3)4)34(29,5)42-35/h6-8,10-11,18,23-24,27-30H,9,12-17,19-21H2,1-5H3,(H,37,39)/t27-,28-,29+,30-,34-/m0/s1. The van der Waals surface area contributed by atoms with Gasteiger partial charge in [-0.2, -0.15) is 5.26 Å². The molecule has 0 unspecified atom stereocenters. The van der Waals surface area contributed by atoms with Crippen LogP contribution in [0.2, 0.25) is 0 Å². The van der Waals surface area contributed by atoms with Crippen LogP contribution >= 0.6 is 0 Å². The van der Waals surface area contributed by atoms with E-state index in [1.807, 2.05) is 32.0 Å². The average Bonchev–Trinajstić information content (AvgIpc) is 3.33. The Morgan fingerprint density at radius 2 is 1.88 bits per heavy atom. The van der Waals surface area contributed by atoms with Crippen molar-refractivity contribution >= 4 is 18.9 Å². The number of nitrogens with zero attached hydrogens (tertiary/aromatic N) is 2. The molecule has 3 aliphatic carbocycles. The molecule has 0 aromatic heterocycles. The van der Waals surface area contributed by atoms with E-state index >= 15 is 0 Å². The van der Waals surface area contributed by atoms with E-state index in [2.05, 4.69) is 44.3 Å². The van der Waals surface area contributed by atoms with Gasteiger partial charge in [0.15, 0.2) is 0 Å². The van der Waals surface area contributed by atoms with E-state index in [1.165, 1.54) is 6.42 Å². The number of piperidine rings is 1. The predicted molar refractivity (Wildman–Crippen MR) is 164 cm³/mol. The number of hydrogen-bond donors (Lipinski definition) is 1. The molecule has 8 heteroatoms. The summed E-state index contributed by atoms with van der Waals surface area (Å²) in [6, 6.07) is 12.3. The van der Waals surface area contributed by atoms with Crippen LogP contribution in [0.4, 0.5) is 0 Å². The Balaban J connectivity index is 1.13. The van der Waals surface area contributed by atoms with E-state index in [4.69, 9.17) is 9.31 Å². The zero-order valence-electron chi connectivity index (χ0n) is 26.1. The lowest BCUT2D eigenvalue weighted by molar-refractivity contribution is -0.199. The molecule has 2 bridgehead atoms. The maximum absolute atomic E-state index is 13.2. The van der Waals surface area contributed by atoms with E-state index in [9.17, 15) is 14.9 Å². The summed E-state index contributed by atoms with van der Waals surface area (Å²) in [6.45, 7) is 12.2. The first-order chi connectivity index (χ1) is 20.0.